The fourth-order valence-corrected chi connectivity index (χ4v) is 0. The molecule has 0 aliphatic heterocycles. The summed E-state index contributed by atoms with van der Waals surface area (Å²) in [5.74, 6) is 0. The number of hydrogen-bond acceptors (Lipinski definition) is 1. The Morgan fingerprint density at radius 1 is 1.12 bits per heavy atom. The fourth-order valence-electron chi connectivity index (χ4n) is 0. The molecule has 0 aliphatic rings. The van der Waals surface area contributed by atoms with E-state index in [4.69, 9.17) is 19.2 Å². The minimum atomic E-state index is -4.64. The second kappa shape index (κ2) is 10.1. The average Bonchev–Trinajstić information content (AvgIpc) is 0.722. The van der Waals surface area contributed by atoms with E-state index in [1.54, 1.807) is 0 Å². The van der Waals surface area contributed by atoms with Crippen LogP contribution in [0.2, 0.25) is 0 Å². The SMILES string of the molecule is O=P(O)(O)O.[H+].[H+].[Na+].[Na+].[NaH]. The Hall–Kier alpha value is 3.11. The van der Waals surface area contributed by atoms with Crippen LogP contribution in [0.1, 0.15) is 2.85 Å². The third-order valence-corrected chi connectivity index (χ3v) is 0. The van der Waals surface area contributed by atoms with Gasteiger partial charge in [-0.15, -0.1) is 0 Å². The summed E-state index contributed by atoms with van der Waals surface area (Å²) in [5.41, 5.74) is 0. The van der Waals surface area contributed by atoms with Gasteiger partial charge in [-0.05, 0) is 0 Å². The van der Waals surface area contributed by atoms with Gasteiger partial charge in [-0.2, -0.15) is 0 Å². The van der Waals surface area contributed by atoms with E-state index in [1.807, 2.05) is 0 Å². The molecule has 0 saturated carbocycles. The van der Waals surface area contributed by atoms with Crippen molar-refractivity contribution in [1.82, 2.24) is 0 Å². The molecule has 0 aromatic heterocycles. The topological polar surface area (TPSA) is 77.8 Å². The summed E-state index contributed by atoms with van der Waals surface area (Å²) in [5, 5.41) is 0. The Bertz CT molecular complexity index is 64.6. The Morgan fingerprint density at radius 2 is 1.12 bits per heavy atom. The molecule has 0 fully saturated rings. The van der Waals surface area contributed by atoms with Crippen LogP contribution in [0.3, 0.4) is 0 Å². The van der Waals surface area contributed by atoms with E-state index in [-0.39, 0.29) is 91.5 Å². The van der Waals surface area contributed by atoms with Crippen LogP contribution in [0.4, 0.5) is 0 Å². The second-order valence-corrected chi connectivity index (χ2v) is 1.54. The van der Waals surface area contributed by atoms with Crippen LogP contribution < -0.4 is 59.1 Å². The normalized spacial score (nSPS) is 7.38. The van der Waals surface area contributed by atoms with Gasteiger partial charge in [0.25, 0.3) is 0 Å². The van der Waals surface area contributed by atoms with Gasteiger partial charge in [0, 0.05) is 0 Å². The summed E-state index contributed by atoms with van der Waals surface area (Å²) in [6.45, 7) is 0. The van der Waals surface area contributed by atoms with Crippen LogP contribution in [0, 0.1) is 0 Å². The molecule has 34 valence electrons. The molecule has 0 rings (SSSR count). The van der Waals surface area contributed by atoms with Crippen molar-refractivity contribution in [1.29, 1.82) is 0 Å². The molecule has 4 nitrogen and oxygen atoms in total. The molecule has 0 spiro atoms. The molecule has 0 saturated heterocycles. The standard InChI is InChI=1S/3Na.H3O4P.H/c;;;1-5(2,3)4;/h;;;(H3,1,2,3,4);/q;2*+1;;/p+2. The number of hydrogen-bond donors (Lipinski definition) is 3. The van der Waals surface area contributed by atoms with Crippen LogP contribution in [-0.4, -0.2) is 44.2 Å². The second-order valence-electron chi connectivity index (χ2n) is 0.513. The van der Waals surface area contributed by atoms with Gasteiger partial charge in [0.15, 0.2) is 0 Å². The summed E-state index contributed by atoms with van der Waals surface area (Å²) in [6, 6.07) is 0. The molecule has 8 heteroatoms. The van der Waals surface area contributed by atoms with Gasteiger partial charge >= 0.3 is 99.3 Å². The predicted octanol–water partition coefficient (Wildman–Crippen LogP) is -7.34. The minimum absolute atomic E-state index is 0. The maximum atomic E-state index is 8.88. The third-order valence-electron chi connectivity index (χ3n) is 0. The molecule has 0 aliphatic carbocycles. The van der Waals surface area contributed by atoms with Crippen molar-refractivity contribution in [3.8, 4) is 0 Å². The molecule has 3 N–H and O–H groups in total. The summed E-state index contributed by atoms with van der Waals surface area (Å²) in [7, 11) is -4.64. The molecule has 0 unspecified atom stereocenters. The van der Waals surface area contributed by atoms with E-state index in [1.165, 1.54) is 0 Å². The van der Waals surface area contributed by atoms with Gasteiger partial charge in [0.2, 0.25) is 0 Å². The first-order chi connectivity index (χ1) is 2.00. The van der Waals surface area contributed by atoms with Gasteiger partial charge in [0.05, 0.1) is 0 Å². The van der Waals surface area contributed by atoms with Gasteiger partial charge in [-0.3, -0.25) is 0 Å². The zero-order valence-electron chi connectivity index (χ0n) is 6.20. The van der Waals surface area contributed by atoms with Crippen LogP contribution in [-0.2, 0) is 4.57 Å². The Labute approximate surface area is 117 Å². The van der Waals surface area contributed by atoms with Crippen molar-refractivity contribution in [3.63, 3.8) is 0 Å². The molecule has 0 amide bonds. The zero-order chi connectivity index (χ0) is 4.50. The predicted molar refractivity (Wildman–Crippen MR) is 23.6 cm³/mol. The monoisotopic (exact) mass is 170 g/mol. The summed E-state index contributed by atoms with van der Waals surface area (Å²) < 4.78 is 8.88. The molecule has 0 radical (unpaired) electrons. The van der Waals surface area contributed by atoms with Gasteiger partial charge < -0.3 is 14.7 Å². The first-order valence-corrected chi connectivity index (χ1v) is 2.35. The summed E-state index contributed by atoms with van der Waals surface area (Å²) in [6.07, 6.45) is 0. The van der Waals surface area contributed by atoms with Crippen LogP contribution in [0.15, 0.2) is 0 Å². The molecule has 0 aromatic carbocycles. The zero-order valence-corrected chi connectivity index (χ0v) is 9.09. The van der Waals surface area contributed by atoms with Crippen LogP contribution in [0.25, 0.3) is 0 Å². The Kier molecular flexibility index (Phi) is 28.4. The van der Waals surface area contributed by atoms with Crippen molar-refractivity contribution >= 4 is 37.4 Å². The van der Waals surface area contributed by atoms with E-state index in [9.17, 15) is 0 Å². The van der Waals surface area contributed by atoms with Crippen molar-refractivity contribution in [2.45, 2.75) is 0 Å². The van der Waals surface area contributed by atoms with E-state index >= 15 is 0 Å². The fraction of sp³-hybridized carbons (Fsp3) is 0. The first kappa shape index (κ1) is 22.5. The molecule has 0 aromatic rings. The molecule has 0 heterocycles. The van der Waals surface area contributed by atoms with Crippen molar-refractivity contribution in [3.05, 3.63) is 0 Å². The van der Waals surface area contributed by atoms with Crippen LogP contribution >= 0.6 is 7.82 Å². The molecule has 8 heavy (non-hydrogen) atoms. The number of phosphoric acid groups is 1. The molecular weight excluding hydrogens is 164 g/mol. The average molecular weight is 170 g/mol. The Morgan fingerprint density at radius 3 is 1.12 bits per heavy atom. The van der Waals surface area contributed by atoms with E-state index < -0.39 is 7.82 Å². The number of rotatable bonds is 0. The van der Waals surface area contributed by atoms with E-state index in [2.05, 4.69) is 0 Å². The quantitative estimate of drug-likeness (QED) is 0.249. The first-order valence-electron chi connectivity index (χ1n) is 0.783. The van der Waals surface area contributed by atoms with Crippen molar-refractivity contribution in [2.75, 3.05) is 0 Å². The molecular formula is H6Na3O4P+4. The van der Waals surface area contributed by atoms with Crippen molar-refractivity contribution < 1.29 is 81.2 Å². The molecule has 0 atom stereocenters. The van der Waals surface area contributed by atoms with Crippen LogP contribution in [0.5, 0.6) is 0 Å². The summed E-state index contributed by atoms with van der Waals surface area (Å²) >= 11 is 0. The Balaban J connectivity index is -0.00000000800. The van der Waals surface area contributed by atoms with E-state index in [0.717, 1.165) is 0 Å². The van der Waals surface area contributed by atoms with E-state index in [0.29, 0.717) is 0 Å². The van der Waals surface area contributed by atoms with Crippen molar-refractivity contribution in [2.24, 2.45) is 0 Å². The molecule has 0 bridgehead atoms. The van der Waals surface area contributed by atoms with Gasteiger partial charge in [-0.1, -0.05) is 0 Å². The maximum absolute atomic E-state index is 8.88. The summed E-state index contributed by atoms with van der Waals surface area (Å²) in [4.78, 5) is 21.6. The van der Waals surface area contributed by atoms with Gasteiger partial charge in [0.1, 0.15) is 0 Å². The van der Waals surface area contributed by atoms with Gasteiger partial charge in [-0.25, -0.2) is 4.57 Å². The third kappa shape index (κ3) is 61.9.